The molecule has 74 valence electrons. The lowest BCUT2D eigenvalue weighted by Crippen LogP contribution is -1.89. The third-order valence-electron chi connectivity index (χ3n) is 2.21. The van der Waals surface area contributed by atoms with Crippen molar-refractivity contribution in [3.8, 4) is 11.3 Å². The van der Waals surface area contributed by atoms with E-state index < -0.39 is 0 Å². The number of aryl methyl sites for hydroxylation is 1. The lowest BCUT2D eigenvalue weighted by molar-refractivity contribution is 0.568. The maximum Gasteiger partial charge on any atom is 0.0997 e. The van der Waals surface area contributed by atoms with E-state index in [0.29, 0.717) is 5.88 Å². The summed E-state index contributed by atoms with van der Waals surface area (Å²) < 4.78 is 5.02. The summed E-state index contributed by atoms with van der Waals surface area (Å²) in [6, 6.07) is 1.90. The zero-order chi connectivity index (χ0) is 9.97. The number of aromatic nitrogens is 2. The lowest BCUT2D eigenvalue weighted by atomic mass is 10.1. The predicted octanol–water partition coefficient (Wildman–Crippen LogP) is 2.76. The Balaban J connectivity index is 2.43. The van der Waals surface area contributed by atoms with Crippen LogP contribution in [0.2, 0.25) is 0 Å². The lowest BCUT2D eigenvalue weighted by Gasteiger charge is -1.97. The van der Waals surface area contributed by atoms with E-state index >= 15 is 0 Å². The number of hydrogen-bond donors (Lipinski definition) is 1. The Morgan fingerprint density at radius 2 is 2.43 bits per heavy atom. The number of halogens is 1. The van der Waals surface area contributed by atoms with Gasteiger partial charge in [-0.25, -0.2) is 0 Å². The molecule has 0 aromatic carbocycles. The fourth-order valence-corrected chi connectivity index (χ4v) is 1.68. The van der Waals surface area contributed by atoms with Crippen LogP contribution >= 0.6 is 11.6 Å². The Morgan fingerprint density at radius 3 is 3.07 bits per heavy atom. The second-order valence-electron chi connectivity index (χ2n) is 3.13. The standard InChI is InChI=1S/C10H11ClN2O/c1-7-9(2-4-11)10(13-12-7)8-3-5-14-6-8/h3,5-6H,2,4H2,1H3,(H,12,13). The highest BCUT2D eigenvalue weighted by Gasteiger charge is 2.12. The van der Waals surface area contributed by atoms with Crippen LogP contribution in [0, 0.1) is 6.92 Å². The van der Waals surface area contributed by atoms with Crippen molar-refractivity contribution in [1.82, 2.24) is 10.2 Å². The van der Waals surface area contributed by atoms with Gasteiger partial charge >= 0.3 is 0 Å². The normalized spacial score (nSPS) is 10.7. The van der Waals surface area contributed by atoms with Crippen LogP contribution in [0.15, 0.2) is 23.0 Å². The van der Waals surface area contributed by atoms with Gasteiger partial charge in [-0.2, -0.15) is 5.10 Å². The molecule has 14 heavy (non-hydrogen) atoms. The molecule has 2 heterocycles. The number of nitrogens with zero attached hydrogens (tertiary/aromatic N) is 1. The number of aromatic amines is 1. The van der Waals surface area contributed by atoms with Gasteiger partial charge in [0.15, 0.2) is 0 Å². The minimum atomic E-state index is 0.602. The fourth-order valence-electron chi connectivity index (χ4n) is 1.49. The largest absolute Gasteiger partial charge is 0.472 e. The van der Waals surface area contributed by atoms with Crippen molar-refractivity contribution in [3.63, 3.8) is 0 Å². The van der Waals surface area contributed by atoms with Crippen LogP contribution in [-0.4, -0.2) is 16.1 Å². The van der Waals surface area contributed by atoms with E-state index in [0.717, 1.165) is 23.4 Å². The summed E-state index contributed by atoms with van der Waals surface area (Å²) in [4.78, 5) is 0. The first-order chi connectivity index (χ1) is 6.83. The van der Waals surface area contributed by atoms with Gasteiger partial charge in [-0.1, -0.05) is 0 Å². The summed E-state index contributed by atoms with van der Waals surface area (Å²) in [5, 5.41) is 7.19. The van der Waals surface area contributed by atoms with E-state index in [1.165, 1.54) is 5.56 Å². The Hall–Kier alpha value is -1.22. The molecule has 2 aromatic rings. The van der Waals surface area contributed by atoms with Gasteiger partial charge in [-0.15, -0.1) is 11.6 Å². The van der Waals surface area contributed by atoms with Crippen molar-refractivity contribution in [3.05, 3.63) is 29.9 Å². The van der Waals surface area contributed by atoms with E-state index in [-0.39, 0.29) is 0 Å². The molecule has 0 saturated heterocycles. The maximum absolute atomic E-state index is 5.73. The molecule has 3 nitrogen and oxygen atoms in total. The summed E-state index contributed by atoms with van der Waals surface area (Å²) in [6.45, 7) is 2.00. The first kappa shape index (κ1) is 9.34. The number of H-pyrrole nitrogens is 1. The van der Waals surface area contributed by atoms with E-state index in [4.69, 9.17) is 16.0 Å². The van der Waals surface area contributed by atoms with Crippen molar-refractivity contribution >= 4 is 11.6 Å². The minimum Gasteiger partial charge on any atom is -0.472 e. The number of hydrogen-bond acceptors (Lipinski definition) is 2. The van der Waals surface area contributed by atoms with Crippen molar-refractivity contribution < 1.29 is 4.42 Å². The molecule has 2 aromatic heterocycles. The Kier molecular flexibility index (Phi) is 2.59. The molecule has 0 amide bonds. The first-order valence-electron chi connectivity index (χ1n) is 4.45. The zero-order valence-corrected chi connectivity index (χ0v) is 8.64. The monoisotopic (exact) mass is 210 g/mol. The number of nitrogens with one attached hydrogen (secondary N) is 1. The van der Waals surface area contributed by atoms with Gasteiger partial charge in [0.1, 0.15) is 0 Å². The predicted molar refractivity (Wildman–Crippen MR) is 55.5 cm³/mol. The highest BCUT2D eigenvalue weighted by atomic mass is 35.5. The molecule has 0 bridgehead atoms. The van der Waals surface area contributed by atoms with Crippen LogP contribution in [0.3, 0.4) is 0 Å². The molecule has 0 unspecified atom stereocenters. The Labute approximate surface area is 87.1 Å². The molecule has 0 aliphatic rings. The smallest absolute Gasteiger partial charge is 0.0997 e. The molecule has 4 heteroatoms. The van der Waals surface area contributed by atoms with Crippen molar-refractivity contribution in [2.45, 2.75) is 13.3 Å². The van der Waals surface area contributed by atoms with Crippen molar-refractivity contribution in [2.75, 3.05) is 5.88 Å². The van der Waals surface area contributed by atoms with Gasteiger partial charge < -0.3 is 4.42 Å². The van der Waals surface area contributed by atoms with E-state index in [9.17, 15) is 0 Å². The van der Waals surface area contributed by atoms with Gasteiger partial charge in [0.05, 0.1) is 18.2 Å². The van der Waals surface area contributed by atoms with Gasteiger partial charge in [0.2, 0.25) is 0 Å². The molecule has 0 fully saturated rings. The van der Waals surface area contributed by atoms with E-state index in [1.807, 2.05) is 13.0 Å². The maximum atomic E-state index is 5.73. The highest BCUT2D eigenvalue weighted by Crippen LogP contribution is 2.24. The fraction of sp³-hybridized carbons (Fsp3) is 0.300. The molecular formula is C10H11ClN2O. The highest BCUT2D eigenvalue weighted by molar-refractivity contribution is 6.18. The van der Waals surface area contributed by atoms with Crippen LogP contribution in [-0.2, 0) is 6.42 Å². The van der Waals surface area contributed by atoms with Gasteiger partial charge in [0.25, 0.3) is 0 Å². The molecule has 0 aliphatic heterocycles. The third kappa shape index (κ3) is 1.55. The zero-order valence-electron chi connectivity index (χ0n) is 7.88. The summed E-state index contributed by atoms with van der Waals surface area (Å²) in [5.41, 5.74) is 4.18. The molecule has 2 rings (SSSR count). The molecule has 0 spiro atoms. The summed E-state index contributed by atoms with van der Waals surface area (Å²) in [7, 11) is 0. The first-order valence-corrected chi connectivity index (χ1v) is 4.98. The molecule has 0 saturated carbocycles. The summed E-state index contributed by atoms with van der Waals surface area (Å²) in [5.74, 6) is 0.602. The van der Waals surface area contributed by atoms with Crippen LogP contribution in [0.1, 0.15) is 11.3 Å². The number of rotatable bonds is 3. The second kappa shape index (κ2) is 3.88. The topological polar surface area (TPSA) is 41.8 Å². The summed E-state index contributed by atoms with van der Waals surface area (Å²) >= 11 is 5.73. The minimum absolute atomic E-state index is 0.602. The van der Waals surface area contributed by atoms with Crippen molar-refractivity contribution in [2.24, 2.45) is 0 Å². The number of alkyl halides is 1. The van der Waals surface area contributed by atoms with Gasteiger partial charge in [0, 0.05) is 22.7 Å². The average Bonchev–Trinajstić information content (AvgIpc) is 2.77. The molecule has 0 aliphatic carbocycles. The quantitative estimate of drug-likeness (QED) is 0.792. The molecular weight excluding hydrogens is 200 g/mol. The molecule has 0 radical (unpaired) electrons. The molecule has 0 atom stereocenters. The number of furan rings is 1. The Bertz CT molecular complexity index is 406. The van der Waals surface area contributed by atoms with E-state index in [2.05, 4.69) is 10.2 Å². The van der Waals surface area contributed by atoms with Crippen LogP contribution in [0.4, 0.5) is 0 Å². The SMILES string of the molecule is Cc1[nH]nc(-c2ccoc2)c1CCCl. The van der Waals surface area contributed by atoms with E-state index in [1.54, 1.807) is 12.5 Å². The second-order valence-corrected chi connectivity index (χ2v) is 3.50. The molecule has 1 N–H and O–H groups in total. The van der Waals surface area contributed by atoms with Crippen molar-refractivity contribution in [1.29, 1.82) is 0 Å². The average molecular weight is 211 g/mol. The Morgan fingerprint density at radius 1 is 1.57 bits per heavy atom. The summed E-state index contributed by atoms with van der Waals surface area (Å²) in [6.07, 6.45) is 4.15. The van der Waals surface area contributed by atoms with Crippen LogP contribution in [0.25, 0.3) is 11.3 Å². The van der Waals surface area contributed by atoms with Gasteiger partial charge in [-0.3, -0.25) is 5.10 Å². The van der Waals surface area contributed by atoms with Gasteiger partial charge in [-0.05, 0) is 19.4 Å². The van der Waals surface area contributed by atoms with Crippen LogP contribution < -0.4 is 0 Å². The van der Waals surface area contributed by atoms with Crippen LogP contribution in [0.5, 0.6) is 0 Å². The third-order valence-corrected chi connectivity index (χ3v) is 2.40.